The zero-order chi connectivity index (χ0) is 25.1. The second-order valence-electron chi connectivity index (χ2n) is 7.47. The maximum absolute atomic E-state index is 13.5. The predicted molar refractivity (Wildman–Crippen MR) is 138 cm³/mol. The molecule has 0 bridgehead atoms. The first-order chi connectivity index (χ1) is 16.1. The van der Waals surface area contributed by atoms with E-state index in [1.807, 2.05) is 6.92 Å². The van der Waals surface area contributed by atoms with E-state index in [1.54, 1.807) is 51.1 Å². The van der Waals surface area contributed by atoms with Gasteiger partial charge in [-0.1, -0.05) is 56.7 Å². The van der Waals surface area contributed by atoms with E-state index in [0.29, 0.717) is 41.0 Å². The molecule has 3 aromatic rings. The first-order valence-corrected chi connectivity index (χ1v) is 14.2. The van der Waals surface area contributed by atoms with Crippen LogP contribution >= 0.6 is 11.6 Å². The van der Waals surface area contributed by atoms with E-state index in [1.165, 1.54) is 34.9 Å². The van der Waals surface area contributed by atoms with Gasteiger partial charge in [-0.25, -0.2) is 25.8 Å². The SMILES string of the molecule is C/C=C\C(=C/CC)S(=O)(=O)n1cc(-c2cccc(S(=O)(=O)N(CC)CC)c2)c2c(Cl)ccnc21. The van der Waals surface area contributed by atoms with E-state index in [9.17, 15) is 16.8 Å². The number of hydrogen-bond acceptors (Lipinski definition) is 5. The first kappa shape index (κ1) is 26.2. The molecular formula is C24H28ClN3O4S2. The Kier molecular flexibility index (Phi) is 8.02. The standard InChI is InChI=1S/C24H28ClN3O4S2/c1-5-10-19(11-6-2)34(31,32)28-17-21(23-22(25)14-15-26-24(23)28)18-12-9-13-20(16-18)33(29,30)27(7-3)8-4/h5,9-17H,6-8H2,1-4H3/b10-5-,19-11+. The van der Waals surface area contributed by atoms with Crippen molar-refractivity contribution in [3.63, 3.8) is 0 Å². The van der Waals surface area contributed by atoms with E-state index in [-0.39, 0.29) is 15.4 Å². The van der Waals surface area contributed by atoms with Gasteiger partial charge in [-0.15, -0.1) is 0 Å². The van der Waals surface area contributed by atoms with Crippen molar-refractivity contribution >= 4 is 42.7 Å². The highest BCUT2D eigenvalue weighted by Crippen LogP contribution is 2.37. The number of allylic oxidation sites excluding steroid dienone is 3. The van der Waals surface area contributed by atoms with Crippen molar-refractivity contribution in [2.45, 2.75) is 39.0 Å². The number of rotatable bonds is 9. The van der Waals surface area contributed by atoms with Gasteiger partial charge < -0.3 is 0 Å². The van der Waals surface area contributed by atoms with Gasteiger partial charge in [-0.3, -0.25) is 0 Å². The summed E-state index contributed by atoms with van der Waals surface area (Å²) in [6, 6.07) is 8.01. The minimum Gasteiger partial charge on any atom is -0.237 e. The van der Waals surface area contributed by atoms with Gasteiger partial charge in [0.05, 0.1) is 14.8 Å². The van der Waals surface area contributed by atoms with E-state index >= 15 is 0 Å². The number of halogens is 1. The summed E-state index contributed by atoms with van der Waals surface area (Å²) in [5, 5.41) is 0.750. The molecule has 0 aliphatic rings. The Morgan fingerprint density at radius 3 is 2.44 bits per heavy atom. The van der Waals surface area contributed by atoms with Gasteiger partial charge >= 0.3 is 0 Å². The third kappa shape index (κ3) is 4.70. The number of sulfonamides is 1. The summed E-state index contributed by atoms with van der Waals surface area (Å²) in [5.41, 5.74) is 1.17. The summed E-state index contributed by atoms with van der Waals surface area (Å²) in [6.45, 7) is 7.84. The smallest absolute Gasteiger partial charge is 0.237 e. The van der Waals surface area contributed by atoms with Crippen LogP contribution in [-0.2, 0) is 20.0 Å². The molecule has 0 amide bonds. The lowest BCUT2D eigenvalue weighted by molar-refractivity contribution is 0.445. The molecule has 1 aromatic carbocycles. The average Bonchev–Trinajstić information content (AvgIpc) is 3.21. The Bertz CT molecular complexity index is 1470. The third-order valence-corrected chi connectivity index (χ3v) is 9.44. The molecule has 3 rings (SSSR count). The van der Waals surface area contributed by atoms with Crippen LogP contribution in [0.4, 0.5) is 0 Å². The van der Waals surface area contributed by atoms with E-state index in [0.717, 1.165) is 3.97 Å². The molecule has 0 saturated heterocycles. The summed E-state index contributed by atoms with van der Waals surface area (Å²) < 4.78 is 55.7. The molecule has 0 aliphatic carbocycles. The Balaban J connectivity index is 2.31. The van der Waals surface area contributed by atoms with Gasteiger partial charge in [0.2, 0.25) is 10.0 Å². The topological polar surface area (TPSA) is 89.3 Å². The first-order valence-electron chi connectivity index (χ1n) is 11.0. The predicted octanol–water partition coefficient (Wildman–Crippen LogP) is 5.44. The number of benzene rings is 1. The van der Waals surface area contributed by atoms with E-state index < -0.39 is 20.0 Å². The molecule has 0 radical (unpaired) electrons. The van der Waals surface area contributed by atoms with Crippen LogP contribution in [0.5, 0.6) is 0 Å². The number of nitrogens with zero attached hydrogens (tertiary/aromatic N) is 3. The van der Waals surface area contributed by atoms with Crippen molar-refractivity contribution in [1.29, 1.82) is 0 Å². The zero-order valence-corrected chi connectivity index (χ0v) is 22.0. The Morgan fingerprint density at radius 1 is 1.12 bits per heavy atom. The number of hydrogen-bond donors (Lipinski definition) is 0. The summed E-state index contributed by atoms with van der Waals surface area (Å²) in [7, 11) is -7.68. The largest absolute Gasteiger partial charge is 0.269 e. The lowest BCUT2D eigenvalue weighted by Gasteiger charge is -2.18. The van der Waals surface area contributed by atoms with E-state index in [2.05, 4.69) is 4.98 Å². The number of pyridine rings is 1. The molecule has 0 spiro atoms. The second kappa shape index (κ2) is 10.4. The quantitative estimate of drug-likeness (QED) is 0.350. The Hall–Kier alpha value is -2.46. The molecule has 7 nitrogen and oxygen atoms in total. The van der Waals surface area contributed by atoms with Crippen LogP contribution in [0.1, 0.15) is 34.1 Å². The molecule has 34 heavy (non-hydrogen) atoms. The fraction of sp³-hybridized carbons (Fsp3) is 0.292. The van der Waals surface area contributed by atoms with Crippen LogP contribution in [0.25, 0.3) is 22.2 Å². The summed E-state index contributed by atoms with van der Waals surface area (Å²) in [5.74, 6) is 0. The molecule has 0 N–H and O–H groups in total. The molecule has 10 heteroatoms. The molecule has 2 heterocycles. The summed E-state index contributed by atoms with van der Waals surface area (Å²) in [6.07, 6.45) is 8.25. The second-order valence-corrected chi connectivity index (χ2v) is 11.6. The Morgan fingerprint density at radius 2 is 1.82 bits per heavy atom. The normalized spacial score (nSPS) is 13.4. The van der Waals surface area contributed by atoms with Gasteiger partial charge in [0.1, 0.15) is 0 Å². The molecule has 0 fully saturated rings. The van der Waals surface area contributed by atoms with Crippen molar-refractivity contribution in [3.05, 3.63) is 70.9 Å². The maximum Gasteiger partial charge on any atom is 0.269 e. The summed E-state index contributed by atoms with van der Waals surface area (Å²) in [4.78, 5) is 4.57. The van der Waals surface area contributed by atoms with Crippen molar-refractivity contribution in [3.8, 4) is 11.1 Å². The fourth-order valence-electron chi connectivity index (χ4n) is 3.76. The van der Waals surface area contributed by atoms with Gasteiger partial charge in [0, 0.05) is 36.4 Å². The number of fused-ring (bicyclic) bond motifs is 1. The average molecular weight is 522 g/mol. The maximum atomic E-state index is 13.5. The van der Waals surface area contributed by atoms with Crippen molar-refractivity contribution in [1.82, 2.24) is 13.3 Å². The van der Waals surface area contributed by atoms with Crippen LogP contribution < -0.4 is 0 Å². The Labute approximate surface area is 206 Å². The van der Waals surface area contributed by atoms with Crippen molar-refractivity contribution in [2.24, 2.45) is 0 Å². The molecule has 0 saturated carbocycles. The van der Waals surface area contributed by atoms with Crippen LogP contribution in [0, 0.1) is 0 Å². The zero-order valence-electron chi connectivity index (χ0n) is 19.6. The molecule has 2 aromatic heterocycles. The molecular weight excluding hydrogens is 494 g/mol. The lowest BCUT2D eigenvalue weighted by atomic mass is 10.1. The van der Waals surface area contributed by atoms with Crippen molar-refractivity contribution in [2.75, 3.05) is 13.1 Å². The van der Waals surface area contributed by atoms with Gasteiger partial charge in [0.25, 0.3) is 10.0 Å². The van der Waals surface area contributed by atoms with Gasteiger partial charge in [0.15, 0.2) is 5.65 Å². The molecule has 0 aliphatic heterocycles. The highest BCUT2D eigenvalue weighted by atomic mass is 35.5. The minimum absolute atomic E-state index is 0.123. The van der Waals surface area contributed by atoms with Crippen LogP contribution in [0.15, 0.2) is 70.8 Å². The van der Waals surface area contributed by atoms with Gasteiger partial charge in [-0.05, 0) is 43.2 Å². The van der Waals surface area contributed by atoms with Crippen LogP contribution in [-0.4, -0.2) is 43.2 Å². The van der Waals surface area contributed by atoms with Gasteiger partial charge in [-0.2, -0.15) is 4.31 Å². The highest BCUT2D eigenvalue weighted by molar-refractivity contribution is 7.94. The monoisotopic (exact) mass is 521 g/mol. The molecule has 182 valence electrons. The third-order valence-electron chi connectivity index (χ3n) is 5.39. The summed E-state index contributed by atoms with van der Waals surface area (Å²) >= 11 is 6.50. The van der Waals surface area contributed by atoms with E-state index in [4.69, 9.17) is 11.6 Å². The van der Waals surface area contributed by atoms with Crippen molar-refractivity contribution < 1.29 is 16.8 Å². The minimum atomic E-state index is -3.97. The van der Waals surface area contributed by atoms with Crippen LogP contribution in [0.2, 0.25) is 5.02 Å². The fourth-order valence-corrected chi connectivity index (χ4v) is 7.03. The lowest BCUT2D eigenvalue weighted by Crippen LogP contribution is -2.30. The van der Waals surface area contributed by atoms with Crippen LogP contribution in [0.3, 0.4) is 0 Å². The number of aromatic nitrogens is 2. The molecule has 0 unspecified atom stereocenters. The highest BCUT2D eigenvalue weighted by Gasteiger charge is 2.26. The molecule has 0 atom stereocenters.